The third kappa shape index (κ3) is 3.11. The molecule has 0 N–H and O–H groups in total. The van der Waals surface area contributed by atoms with Crippen molar-refractivity contribution in [2.24, 2.45) is 0 Å². The van der Waals surface area contributed by atoms with Gasteiger partial charge in [0, 0.05) is 38.1 Å². The normalized spacial score (nSPS) is 27.7. The summed E-state index contributed by atoms with van der Waals surface area (Å²) in [5, 5.41) is 0. The van der Waals surface area contributed by atoms with Crippen LogP contribution < -0.4 is 0 Å². The number of carbonyl (C=O) groups is 2. The zero-order valence-electron chi connectivity index (χ0n) is 14.8. The summed E-state index contributed by atoms with van der Waals surface area (Å²) in [6.07, 6.45) is 3.70. The van der Waals surface area contributed by atoms with E-state index in [0.29, 0.717) is 6.42 Å². The number of nitrogens with zero attached hydrogens (tertiary/aromatic N) is 4. The highest BCUT2D eigenvalue weighted by molar-refractivity contribution is 5.88. The van der Waals surface area contributed by atoms with Crippen molar-refractivity contribution in [3.63, 3.8) is 0 Å². The topological polar surface area (TPSA) is 47.1 Å². The van der Waals surface area contributed by atoms with E-state index in [0.717, 1.165) is 58.5 Å². The van der Waals surface area contributed by atoms with E-state index in [9.17, 15) is 9.59 Å². The first kappa shape index (κ1) is 16.7. The number of likely N-dealkylation sites (N-methyl/N-ethyl adjacent to an activating group) is 1. The molecule has 3 aliphatic heterocycles. The van der Waals surface area contributed by atoms with Crippen molar-refractivity contribution < 1.29 is 9.59 Å². The first-order valence-electron chi connectivity index (χ1n) is 8.91. The summed E-state index contributed by atoms with van der Waals surface area (Å²) in [5.41, 5.74) is 0.120. The van der Waals surface area contributed by atoms with Gasteiger partial charge in [0.15, 0.2) is 0 Å². The van der Waals surface area contributed by atoms with Gasteiger partial charge in [-0.15, -0.1) is 0 Å². The summed E-state index contributed by atoms with van der Waals surface area (Å²) >= 11 is 0. The number of amides is 2. The van der Waals surface area contributed by atoms with Crippen LogP contribution >= 0.6 is 0 Å². The van der Waals surface area contributed by atoms with Crippen LogP contribution in [0.4, 0.5) is 0 Å². The molecule has 130 valence electrons. The highest BCUT2D eigenvalue weighted by Gasteiger charge is 2.44. The summed E-state index contributed by atoms with van der Waals surface area (Å²) in [6, 6.07) is -0.309. The molecule has 3 heterocycles. The molecule has 6 nitrogen and oxygen atoms in total. The molecule has 0 unspecified atom stereocenters. The lowest BCUT2D eigenvalue weighted by molar-refractivity contribution is -0.147. The number of rotatable bonds is 2. The molecule has 3 fully saturated rings. The molecule has 3 aliphatic rings. The third-order valence-electron chi connectivity index (χ3n) is 6.16. The Labute approximate surface area is 139 Å². The largest absolute Gasteiger partial charge is 0.338 e. The molecule has 0 aromatic carbocycles. The molecule has 6 heteroatoms. The molecule has 3 rings (SSSR count). The van der Waals surface area contributed by atoms with E-state index in [1.54, 1.807) is 4.90 Å². The summed E-state index contributed by atoms with van der Waals surface area (Å²) in [5.74, 6) is 0.264. The van der Waals surface area contributed by atoms with Crippen molar-refractivity contribution >= 4 is 11.8 Å². The van der Waals surface area contributed by atoms with Crippen LogP contribution in [0, 0.1) is 0 Å². The van der Waals surface area contributed by atoms with Gasteiger partial charge in [-0.2, -0.15) is 0 Å². The van der Waals surface area contributed by atoms with Gasteiger partial charge in [-0.3, -0.25) is 14.5 Å². The quantitative estimate of drug-likeness (QED) is 0.730. The van der Waals surface area contributed by atoms with Gasteiger partial charge in [0.1, 0.15) is 6.04 Å². The molecule has 2 amide bonds. The number of hydrogen-bond donors (Lipinski definition) is 0. The first-order valence-corrected chi connectivity index (χ1v) is 8.91. The van der Waals surface area contributed by atoms with Gasteiger partial charge >= 0.3 is 0 Å². The lowest BCUT2D eigenvalue weighted by Crippen LogP contribution is -2.66. The van der Waals surface area contributed by atoms with E-state index in [4.69, 9.17) is 0 Å². The van der Waals surface area contributed by atoms with Crippen molar-refractivity contribution in [3.8, 4) is 0 Å². The Hall–Kier alpha value is -1.14. The summed E-state index contributed by atoms with van der Waals surface area (Å²) < 4.78 is 0. The van der Waals surface area contributed by atoms with Crippen molar-refractivity contribution in [1.29, 1.82) is 0 Å². The Balaban J connectivity index is 1.68. The zero-order chi connectivity index (χ0) is 16.6. The lowest BCUT2D eigenvalue weighted by Gasteiger charge is -2.53. The minimum Gasteiger partial charge on any atom is -0.338 e. The number of piperazine rings is 1. The van der Waals surface area contributed by atoms with Gasteiger partial charge in [0.2, 0.25) is 11.8 Å². The molecule has 0 saturated carbocycles. The fourth-order valence-corrected chi connectivity index (χ4v) is 4.30. The minimum absolute atomic E-state index is 0.120. The summed E-state index contributed by atoms with van der Waals surface area (Å²) in [7, 11) is 4.36. The molecule has 1 atom stereocenters. The molecule has 0 aromatic rings. The molecular weight excluding hydrogens is 292 g/mol. The Morgan fingerprint density at radius 1 is 1.09 bits per heavy atom. The first-order chi connectivity index (χ1) is 10.9. The number of carbonyl (C=O) groups excluding carboxylic acids is 2. The monoisotopic (exact) mass is 322 g/mol. The standard InChI is InChI=1S/C17H30N4O2/c1-14(21-8-4-5-15(21)22)16(23)20-12-11-19(3)17(13-20)6-9-18(2)10-7-17/h14H,4-13H2,1-3H3/t14-/m0/s1. The number of hydrogen-bond acceptors (Lipinski definition) is 4. The Morgan fingerprint density at radius 2 is 1.78 bits per heavy atom. The molecule has 0 radical (unpaired) electrons. The smallest absolute Gasteiger partial charge is 0.245 e. The Kier molecular flexibility index (Phi) is 4.65. The highest BCUT2D eigenvalue weighted by Crippen LogP contribution is 2.31. The second-order valence-corrected chi connectivity index (χ2v) is 7.58. The van der Waals surface area contributed by atoms with Gasteiger partial charge in [0.05, 0.1) is 0 Å². The maximum Gasteiger partial charge on any atom is 0.245 e. The van der Waals surface area contributed by atoms with Crippen molar-refractivity contribution in [3.05, 3.63) is 0 Å². The molecule has 0 bridgehead atoms. The van der Waals surface area contributed by atoms with Crippen LogP contribution in [0.15, 0.2) is 0 Å². The van der Waals surface area contributed by atoms with Gasteiger partial charge < -0.3 is 14.7 Å². The zero-order valence-corrected chi connectivity index (χ0v) is 14.8. The lowest BCUT2D eigenvalue weighted by atomic mass is 9.83. The van der Waals surface area contributed by atoms with Gasteiger partial charge in [-0.1, -0.05) is 0 Å². The predicted molar refractivity (Wildman–Crippen MR) is 89.1 cm³/mol. The van der Waals surface area contributed by atoms with Crippen molar-refractivity contribution in [2.45, 2.75) is 44.2 Å². The molecule has 3 saturated heterocycles. The van der Waals surface area contributed by atoms with Crippen LogP contribution in [0.2, 0.25) is 0 Å². The second-order valence-electron chi connectivity index (χ2n) is 7.58. The fraction of sp³-hybridized carbons (Fsp3) is 0.882. The van der Waals surface area contributed by atoms with E-state index in [1.165, 1.54) is 0 Å². The number of likely N-dealkylation sites (tertiary alicyclic amines) is 2. The molecular formula is C17H30N4O2. The second kappa shape index (κ2) is 6.40. The van der Waals surface area contributed by atoms with Crippen LogP contribution in [-0.2, 0) is 9.59 Å². The molecule has 1 spiro atoms. The fourth-order valence-electron chi connectivity index (χ4n) is 4.30. The third-order valence-corrected chi connectivity index (χ3v) is 6.16. The molecule has 23 heavy (non-hydrogen) atoms. The average molecular weight is 322 g/mol. The van der Waals surface area contributed by atoms with Gasteiger partial charge in [0.25, 0.3) is 0 Å². The van der Waals surface area contributed by atoms with Crippen LogP contribution in [0.3, 0.4) is 0 Å². The van der Waals surface area contributed by atoms with E-state index in [1.807, 2.05) is 11.8 Å². The summed E-state index contributed by atoms with van der Waals surface area (Å²) in [4.78, 5) is 33.5. The van der Waals surface area contributed by atoms with Crippen LogP contribution in [0.1, 0.15) is 32.6 Å². The molecule has 0 aliphatic carbocycles. The van der Waals surface area contributed by atoms with Crippen LogP contribution in [0.25, 0.3) is 0 Å². The van der Waals surface area contributed by atoms with E-state index in [2.05, 4.69) is 23.9 Å². The maximum absolute atomic E-state index is 12.9. The highest BCUT2D eigenvalue weighted by atomic mass is 16.2. The Bertz CT molecular complexity index is 473. The van der Waals surface area contributed by atoms with Crippen LogP contribution in [-0.4, -0.2) is 96.4 Å². The van der Waals surface area contributed by atoms with Crippen molar-refractivity contribution in [1.82, 2.24) is 19.6 Å². The number of piperidine rings is 1. The SMILES string of the molecule is C[C@@H](C(=O)N1CCN(C)C2(CCN(C)CC2)C1)N1CCCC1=O. The summed E-state index contributed by atoms with van der Waals surface area (Å²) in [6.45, 7) is 7.32. The predicted octanol–water partition coefficient (Wildman–Crippen LogP) is 0.236. The maximum atomic E-state index is 12.9. The molecule has 0 aromatic heterocycles. The van der Waals surface area contributed by atoms with Gasteiger partial charge in [-0.25, -0.2) is 0 Å². The van der Waals surface area contributed by atoms with E-state index >= 15 is 0 Å². The van der Waals surface area contributed by atoms with E-state index in [-0.39, 0.29) is 23.4 Å². The minimum atomic E-state index is -0.309. The van der Waals surface area contributed by atoms with Crippen LogP contribution in [0.5, 0.6) is 0 Å². The van der Waals surface area contributed by atoms with Gasteiger partial charge in [-0.05, 0) is 53.4 Å². The van der Waals surface area contributed by atoms with E-state index < -0.39 is 0 Å². The Morgan fingerprint density at radius 3 is 2.39 bits per heavy atom. The van der Waals surface area contributed by atoms with Crippen molar-refractivity contribution in [2.75, 3.05) is 53.4 Å². The average Bonchev–Trinajstić information content (AvgIpc) is 2.97.